The summed E-state index contributed by atoms with van der Waals surface area (Å²) in [5, 5.41) is 21.8. The molecule has 3 heterocycles. The molecule has 1 aliphatic rings. The van der Waals surface area contributed by atoms with Crippen LogP contribution >= 0.6 is 11.8 Å². The number of fused-ring (bicyclic) bond motifs is 1. The van der Waals surface area contributed by atoms with Crippen molar-refractivity contribution in [2.45, 2.75) is 25.3 Å². The molecule has 152 valence electrons. The monoisotopic (exact) mass is 421 g/mol. The van der Waals surface area contributed by atoms with Crippen LogP contribution < -0.4 is 10.2 Å². The van der Waals surface area contributed by atoms with Gasteiger partial charge in [0.25, 0.3) is 0 Å². The third kappa shape index (κ3) is 4.36. The van der Waals surface area contributed by atoms with Crippen molar-refractivity contribution < 1.29 is 9.90 Å². The van der Waals surface area contributed by atoms with Gasteiger partial charge in [-0.1, -0.05) is 17.8 Å². The molecule has 4 rings (SSSR count). The molecule has 0 aliphatic heterocycles. The van der Waals surface area contributed by atoms with E-state index in [1.807, 2.05) is 16.7 Å². The predicted molar refractivity (Wildman–Crippen MR) is 116 cm³/mol. The molecule has 0 bridgehead atoms. The van der Waals surface area contributed by atoms with Crippen LogP contribution in [0.1, 0.15) is 30.0 Å². The van der Waals surface area contributed by atoms with Gasteiger partial charge in [0.2, 0.25) is 6.19 Å². The van der Waals surface area contributed by atoms with Crippen LogP contribution in [0.3, 0.4) is 0 Å². The molecule has 1 aliphatic carbocycles. The number of aliphatic imine (C=N–C) groups is 1. The number of carbonyl (C=O) groups is 1. The summed E-state index contributed by atoms with van der Waals surface area (Å²) in [5.74, 6) is 1.03. The van der Waals surface area contributed by atoms with Crippen LogP contribution in [0, 0.1) is 11.5 Å². The summed E-state index contributed by atoms with van der Waals surface area (Å²) in [6.45, 7) is 0.0981. The lowest BCUT2D eigenvalue weighted by atomic mass is 10.2. The number of thioether (sulfide) groups is 1. The molecule has 0 radical (unpaired) electrons. The summed E-state index contributed by atoms with van der Waals surface area (Å²) in [6.07, 6.45) is 10.3. The number of rotatable bonds is 5. The molecule has 3 aromatic heterocycles. The van der Waals surface area contributed by atoms with Crippen LogP contribution in [0.4, 0.5) is 16.3 Å². The number of nitriles is 1. The van der Waals surface area contributed by atoms with Crippen LogP contribution in [0.25, 0.3) is 5.65 Å². The van der Waals surface area contributed by atoms with Gasteiger partial charge in [0.05, 0.1) is 17.9 Å². The van der Waals surface area contributed by atoms with Crippen molar-refractivity contribution in [1.29, 1.82) is 5.26 Å². The third-order valence-corrected chi connectivity index (χ3v) is 5.34. The zero-order valence-electron chi connectivity index (χ0n) is 16.2. The third-order valence-electron chi connectivity index (χ3n) is 4.76. The molecule has 0 unspecified atom stereocenters. The Labute approximate surface area is 177 Å². The van der Waals surface area contributed by atoms with Gasteiger partial charge in [-0.05, 0) is 42.7 Å². The lowest BCUT2D eigenvalue weighted by Gasteiger charge is -2.18. The van der Waals surface area contributed by atoms with Crippen molar-refractivity contribution in [3.8, 4) is 6.19 Å². The Kier molecular flexibility index (Phi) is 5.54. The standard InChI is InChI=1S/C20H19N7O2S/c1-30-19(23-12-21)25-17-8-16(6-7-22-17)27(20(28)29)11-15-10-26-9-14(13-2-3-13)4-5-18(26)24-15/h4-10,13H,2-3,11H2,1H3,(H,28,29)(H,22,23,25). The van der Waals surface area contributed by atoms with E-state index in [4.69, 9.17) is 5.26 Å². The maximum atomic E-state index is 11.9. The predicted octanol–water partition coefficient (Wildman–Crippen LogP) is 3.90. The van der Waals surface area contributed by atoms with Gasteiger partial charge in [-0.2, -0.15) is 5.26 Å². The van der Waals surface area contributed by atoms with Crippen LogP contribution in [-0.2, 0) is 6.54 Å². The van der Waals surface area contributed by atoms with Crippen molar-refractivity contribution in [2.24, 2.45) is 4.99 Å². The number of imidazole rings is 1. The van der Waals surface area contributed by atoms with E-state index in [9.17, 15) is 9.90 Å². The molecule has 0 aromatic carbocycles. The summed E-state index contributed by atoms with van der Waals surface area (Å²) in [6, 6.07) is 7.26. The number of aromatic nitrogens is 3. The lowest BCUT2D eigenvalue weighted by Crippen LogP contribution is -2.29. The molecule has 0 saturated heterocycles. The van der Waals surface area contributed by atoms with Gasteiger partial charge in [0.1, 0.15) is 11.5 Å². The second kappa shape index (κ2) is 8.42. The molecule has 2 N–H and O–H groups in total. The van der Waals surface area contributed by atoms with Crippen LogP contribution in [0.2, 0.25) is 0 Å². The molecule has 10 heteroatoms. The van der Waals surface area contributed by atoms with E-state index in [2.05, 4.69) is 32.5 Å². The molecule has 3 aromatic rings. The van der Waals surface area contributed by atoms with Crippen LogP contribution in [0.15, 0.2) is 47.8 Å². The van der Waals surface area contributed by atoms with E-state index < -0.39 is 6.09 Å². The molecule has 0 atom stereocenters. The number of anilines is 2. The van der Waals surface area contributed by atoms with Gasteiger partial charge >= 0.3 is 6.09 Å². The minimum atomic E-state index is -1.10. The van der Waals surface area contributed by atoms with Gasteiger partial charge in [0.15, 0.2) is 5.17 Å². The number of nitrogens with one attached hydrogen (secondary N) is 1. The number of amidine groups is 1. The van der Waals surface area contributed by atoms with E-state index in [0.717, 1.165) is 5.65 Å². The minimum absolute atomic E-state index is 0.0981. The number of nitrogens with zero attached hydrogens (tertiary/aromatic N) is 6. The quantitative estimate of drug-likeness (QED) is 0.364. The first-order valence-electron chi connectivity index (χ1n) is 9.29. The number of pyridine rings is 2. The van der Waals surface area contributed by atoms with Crippen molar-refractivity contribution in [2.75, 3.05) is 16.5 Å². The summed E-state index contributed by atoms with van der Waals surface area (Å²) >= 11 is 1.26. The topological polar surface area (TPSA) is 119 Å². The number of hydrogen-bond acceptors (Lipinski definition) is 6. The fourth-order valence-electron chi connectivity index (χ4n) is 3.16. The van der Waals surface area contributed by atoms with Crippen LogP contribution in [0.5, 0.6) is 0 Å². The van der Waals surface area contributed by atoms with E-state index in [1.54, 1.807) is 24.6 Å². The van der Waals surface area contributed by atoms with Crippen LogP contribution in [-0.4, -0.2) is 37.0 Å². The zero-order chi connectivity index (χ0) is 21.1. The van der Waals surface area contributed by atoms with Gasteiger partial charge in [-0.15, -0.1) is 4.99 Å². The number of amides is 1. The van der Waals surface area contributed by atoms with Crippen molar-refractivity contribution in [3.05, 3.63) is 54.1 Å². The molecular formula is C20H19N7O2S. The highest BCUT2D eigenvalue weighted by molar-refractivity contribution is 8.13. The molecule has 0 spiro atoms. The van der Waals surface area contributed by atoms with Gasteiger partial charge in [-0.3, -0.25) is 4.90 Å². The summed E-state index contributed by atoms with van der Waals surface area (Å²) in [7, 11) is 0. The van der Waals surface area contributed by atoms with Crippen molar-refractivity contribution in [1.82, 2.24) is 14.4 Å². The Hall–Kier alpha value is -3.58. The molecule has 9 nitrogen and oxygen atoms in total. The largest absolute Gasteiger partial charge is 0.465 e. The first-order chi connectivity index (χ1) is 14.6. The molecule has 1 amide bonds. The highest BCUT2D eigenvalue weighted by Gasteiger charge is 2.24. The van der Waals surface area contributed by atoms with Gasteiger partial charge in [-0.25, -0.2) is 14.8 Å². The lowest BCUT2D eigenvalue weighted by molar-refractivity contribution is 0.201. The Morgan fingerprint density at radius 1 is 1.43 bits per heavy atom. The Balaban J connectivity index is 1.58. The molecular weight excluding hydrogens is 402 g/mol. The van der Waals surface area contributed by atoms with Crippen molar-refractivity contribution in [3.63, 3.8) is 0 Å². The average Bonchev–Trinajstić information content (AvgIpc) is 3.51. The van der Waals surface area contributed by atoms with Crippen molar-refractivity contribution >= 4 is 40.2 Å². The number of carboxylic acid groups (broad SMARTS) is 1. The average molecular weight is 421 g/mol. The fraction of sp³-hybridized carbons (Fsp3) is 0.250. The Bertz CT molecular complexity index is 1160. The molecule has 1 saturated carbocycles. The Morgan fingerprint density at radius 2 is 2.27 bits per heavy atom. The van der Waals surface area contributed by atoms with E-state index in [-0.39, 0.29) is 6.54 Å². The second-order valence-electron chi connectivity index (χ2n) is 6.85. The highest BCUT2D eigenvalue weighted by atomic mass is 32.2. The summed E-state index contributed by atoms with van der Waals surface area (Å²) in [5.41, 5.74) is 3.16. The first-order valence-corrected chi connectivity index (χ1v) is 10.5. The summed E-state index contributed by atoms with van der Waals surface area (Å²) in [4.78, 5) is 25.5. The Morgan fingerprint density at radius 3 is 2.97 bits per heavy atom. The van der Waals surface area contributed by atoms with Gasteiger partial charge in [0, 0.05) is 24.7 Å². The second-order valence-corrected chi connectivity index (χ2v) is 7.64. The SMILES string of the molecule is CS/C(=N\C#N)Nc1cc(N(Cc2cn3cc(C4CC4)ccc3n2)C(=O)O)ccn1. The van der Waals surface area contributed by atoms with Gasteiger partial charge < -0.3 is 14.8 Å². The fourth-order valence-corrected chi connectivity index (χ4v) is 3.50. The van der Waals surface area contributed by atoms with E-state index >= 15 is 0 Å². The smallest absolute Gasteiger partial charge is 0.412 e. The summed E-state index contributed by atoms with van der Waals surface area (Å²) < 4.78 is 1.95. The number of hydrogen-bond donors (Lipinski definition) is 2. The minimum Gasteiger partial charge on any atom is -0.465 e. The van der Waals surface area contributed by atoms with E-state index in [1.165, 1.54) is 41.3 Å². The van der Waals surface area contributed by atoms with E-state index in [0.29, 0.717) is 28.3 Å². The maximum absolute atomic E-state index is 11.9. The zero-order valence-corrected chi connectivity index (χ0v) is 17.0. The molecule has 1 fully saturated rings. The maximum Gasteiger partial charge on any atom is 0.412 e. The highest BCUT2D eigenvalue weighted by Crippen LogP contribution is 2.39. The normalized spacial score (nSPS) is 13.8. The first kappa shape index (κ1) is 19.7. The molecule has 30 heavy (non-hydrogen) atoms.